The van der Waals surface area contributed by atoms with E-state index >= 15 is 0 Å². The molecule has 2 rings (SSSR count). The molecular weight excluding hydrogens is 476 g/mol. The highest BCUT2D eigenvalue weighted by Gasteiger charge is 2.16. The first-order valence-corrected chi connectivity index (χ1v) is 9.96. The van der Waals surface area contributed by atoms with Crippen LogP contribution in [0.4, 0.5) is 5.69 Å². The number of thiocarbonyl (C=S) groups is 1. The molecule has 11 heteroatoms. The van der Waals surface area contributed by atoms with E-state index in [0.717, 1.165) is 6.07 Å². The summed E-state index contributed by atoms with van der Waals surface area (Å²) in [6.07, 6.45) is 0. The van der Waals surface area contributed by atoms with Crippen molar-refractivity contribution in [3.8, 4) is 5.75 Å². The molecule has 9 nitrogen and oxygen atoms in total. The van der Waals surface area contributed by atoms with Crippen molar-refractivity contribution in [2.75, 3.05) is 6.61 Å². The molecule has 0 aromatic heterocycles. The van der Waals surface area contributed by atoms with Crippen molar-refractivity contribution in [3.05, 3.63) is 68.2 Å². The van der Waals surface area contributed by atoms with Gasteiger partial charge in [0.2, 0.25) is 0 Å². The maximum Gasteiger partial charge on any atom is 0.270 e. The molecule has 0 aliphatic heterocycles. The number of ether oxygens (including phenoxy) is 1. The average molecular weight is 495 g/mol. The van der Waals surface area contributed by atoms with Gasteiger partial charge in [-0.25, -0.2) is 0 Å². The predicted octanol–water partition coefficient (Wildman–Crippen LogP) is 3.34. The van der Waals surface area contributed by atoms with E-state index in [1.807, 2.05) is 13.8 Å². The minimum absolute atomic E-state index is 0.0576. The number of nitrogens with zero attached hydrogens (tertiary/aromatic N) is 1. The molecule has 0 aliphatic rings. The maximum absolute atomic E-state index is 12.6. The van der Waals surface area contributed by atoms with Gasteiger partial charge in [-0.05, 0) is 42.4 Å². The van der Waals surface area contributed by atoms with E-state index in [1.54, 1.807) is 18.2 Å². The third-order valence-electron chi connectivity index (χ3n) is 3.59. The van der Waals surface area contributed by atoms with Crippen molar-refractivity contribution in [2.24, 2.45) is 5.92 Å². The number of hydrogen-bond acceptors (Lipinski definition) is 6. The van der Waals surface area contributed by atoms with Gasteiger partial charge in [0.05, 0.1) is 17.1 Å². The normalized spacial score (nSPS) is 10.3. The van der Waals surface area contributed by atoms with Crippen LogP contribution in [0, 0.1) is 16.0 Å². The number of amides is 2. The molecule has 0 radical (unpaired) electrons. The molecule has 158 valence electrons. The molecule has 2 aromatic rings. The number of carbonyl (C=O) groups excluding carboxylic acids is 2. The second-order valence-electron chi connectivity index (χ2n) is 6.52. The van der Waals surface area contributed by atoms with Gasteiger partial charge in [0.1, 0.15) is 5.75 Å². The number of halogens is 1. The average Bonchev–Trinajstić information content (AvgIpc) is 2.70. The number of carbonyl (C=O) groups is 2. The summed E-state index contributed by atoms with van der Waals surface area (Å²) < 4.78 is 6.36. The number of hydrazine groups is 1. The Morgan fingerprint density at radius 2 is 1.90 bits per heavy atom. The molecule has 0 fully saturated rings. The monoisotopic (exact) mass is 494 g/mol. The summed E-state index contributed by atoms with van der Waals surface area (Å²) in [5, 5.41) is 13.1. The van der Waals surface area contributed by atoms with E-state index in [-0.39, 0.29) is 27.8 Å². The molecule has 30 heavy (non-hydrogen) atoms. The summed E-state index contributed by atoms with van der Waals surface area (Å²) >= 11 is 8.34. The Bertz CT molecular complexity index is 983. The first-order chi connectivity index (χ1) is 14.2. The molecule has 0 bridgehead atoms. The lowest BCUT2D eigenvalue weighted by atomic mass is 10.2. The maximum atomic E-state index is 12.6. The summed E-state index contributed by atoms with van der Waals surface area (Å²) in [6, 6.07) is 10.2. The smallest absolute Gasteiger partial charge is 0.270 e. The van der Waals surface area contributed by atoms with Crippen LogP contribution < -0.4 is 20.9 Å². The van der Waals surface area contributed by atoms with E-state index in [1.165, 1.54) is 18.2 Å². The van der Waals surface area contributed by atoms with Gasteiger partial charge < -0.3 is 4.74 Å². The van der Waals surface area contributed by atoms with Crippen LogP contribution in [0.5, 0.6) is 5.75 Å². The van der Waals surface area contributed by atoms with E-state index in [4.69, 9.17) is 17.0 Å². The lowest BCUT2D eigenvalue weighted by Crippen LogP contribution is -2.48. The zero-order valence-electron chi connectivity index (χ0n) is 16.1. The number of benzene rings is 2. The van der Waals surface area contributed by atoms with Gasteiger partial charge in [-0.3, -0.25) is 35.9 Å². The van der Waals surface area contributed by atoms with E-state index in [2.05, 4.69) is 32.1 Å². The molecule has 0 unspecified atom stereocenters. The van der Waals surface area contributed by atoms with Gasteiger partial charge >= 0.3 is 0 Å². The second kappa shape index (κ2) is 10.6. The first-order valence-electron chi connectivity index (χ1n) is 8.76. The number of nitro groups is 1. The zero-order chi connectivity index (χ0) is 22.3. The molecule has 0 heterocycles. The molecule has 2 aromatic carbocycles. The number of nitro benzene ring substituents is 1. The second-order valence-corrected chi connectivity index (χ2v) is 7.84. The Balaban J connectivity index is 1.99. The lowest BCUT2D eigenvalue weighted by Gasteiger charge is -2.15. The predicted molar refractivity (Wildman–Crippen MR) is 118 cm³/mol. The highest BCUT2D eigenvalue weighted by molar-refractivity contribution is 9.10. The van der Waals surface area contributed by atoms with Crippen LogP contribution in [0.15, 0.2) is 46.9 Å². The molecule has 0 saturated heterocycles. The third-order valence-corrected chi connectivity index (χ3v) is 4.29. The molecule has 0 saturated carbocycles. The largest absolute Gasteiger partial charge is 0.492 e. The fourth-order valence-electron chi connectivity index (χ4n) is 2.21. The summed E-state index contributed by atoms with van der Waals surface area (Å²) in [5.74, 6) is -0.514. The highest BCUT2D eigenvalue weighted by atomic mass is 79.9. The Morgan fingerprint density at radius 1 is 1.17 bits per heavy atom. The molecule has 2 amide bonds. The first kappa shape index (κ1) is 23.2. The van der Waals surface area contributed by atoms with Crippen molar-refractivity contribution >= 4 is 50.8 Å². The fourth-order valence-corrected chi connectivity index (χ4v) is 2.71. The highest BCUT2D eigenvalue weighted by Crippen LogP contribution is 2.23. The molecule has 0 aliphatic carbocycles. The topological polar surface area (TPSA) is 123 Å². The van der Waals surface area contributed by atoms with Gasteiger partial charge in [-0.1, -0.05) is 35.8 Å². The SMILES string of the molecule is CC(C)COc1ccc(Br)cc1C(=O)NC(=S)NNC(=O)c1cccc([N+](=O)[O-])c1. The van der Waals surface area contributed by atoms with Crippen molar-refractivity contribution in [1.82, 2.24) is 16.2 Å². The van der Waals surface area contributed by atoms with Crippen molar-refractivity contribution < 1.29 is 19.2 Å². The summed E-state index contributed by atoms with van der Waals surface area (Å²) in [5.41, 5.74) is 4.77. The Kier molecular flexibility index (Phi) is 8.25. The van der Waals surface area contributed by atoms with Crippen molar-refractivity contribution in [2.45, 2.75) is 13.8 Å². The quantitative estimate of drug-likeness (QED) is 0.319. The van der Waals surface area contributed by atoms with Gasteiger partial charge in [-0.2, -0.15) is 0 Å². The standard InChI is InChI=1S/C19H19BrN4O5S/c1-11(2)10-29-16-7-6-13(20)9-15(16)18(26)21-19(30)23-22-17(25)12-4-3-5-14(8-12)24(27)28/h3-9,11H,10H2,1-2H3,(H,22,25)(H2,21,23,26,30). The van der Waals surface area contributed by atoms with Crippen LogP contribution in [0.25, 0.3) is 0 Å². The van der Waals surface area contributed by atoms with Gasteiger partial charge in [0, 0.05) is 22.2 Å². The Morgan fingerprint density at radius 3 is 2.57 bits per heavy atom. The third kappa shape index (κ3) is 6.78. The van der Waals surface area contributed by atoms with Gasteiger partial charge in [0.15, 0.2) is 5.11 Å². The fraction of sp³-hybridized carbons (Fsp3) is 0.211. The molecule has 0 atom stereocenters. The molecule has 0 spiro atoms. The zero-order valence-corrected chi connectivity index (χ0v) is 18.5. The minimum Gasteiger partial charge on any atom is -0.492 e. The summed E-state index contributed by atoms with van der Waals surface area (Å²) in [6.45, 7) is 4.41. The summed E-state index contributed by atoms with van der Waals surface area (Å²) in [4.78, 5) is 34.9. The van der Waals surface area contributed by atoms with Crippen LogP contribution in [-0.4, -0.2) is 28.5 Å². The van der Waals surface area contributed by atoms with Crippen molar-refractivity contribution in [3.63, 3.8) is 0 Å². The van der Waals surface area contributed by atoms with E-state index in [9.17, 15) is 19.7 Å². The van der Waals surface area contributed by atoms with Crippen LogP contribution in [-0.2, 0) is 0 Å². The lowest BCUT2D eigenvalue weighted by molar-refractivity contribution is -0.384. The summed E-state index contributed by atoms with van der Waals surface area (Å²) in [7, 11) is 0. The van der Waals surface area contributed by atoms with Gasteiger partial charge in [0.25, 0.3) is 17.5 Å². The number of hydrogen-bond donors (Lipinski definition) is 3. The van der Waals surface area contributed by atoms with Crippen molar-refractivity contribution in [1.29, 1.82) is 0 Å². The van der Waals surface area contributed by atoms with Crippen LogP contribution in [0.2, 0.25) is 0 Å². The molecule has 3 N–H and O–H groups in total. The number of nitrogens with one attached hydrogen (secondary N) is 3. The van der Waals surface area contributed by atoms with Crippen LogP contribution in [0.1, 0.15) is 34.6 Å². The van der Waals surface area contributed by atoms with Crippen LogP contribution in [0.3, 0.4) is 0 Å². The Labute approximate surface area is 186 Å². The van der Waals surface area contributed by atoms with Crippen LogP contribution >= 0.6 is 28.1 Å². The molecular formula is C19H19BrN4O5S. The van der Waals surface area contributed by atoms with Gasteiger partial charge in [-0.15, -0.1) is 0 Å². The van der Waals surface area contributed by atoms with E-state index in [0.29, 0.717) is 16.8 Å². The Hall–Kier alpha value is -3.05. The van der Waals surface area contributed by atoms with E-state index < -0.39 is 16.7 Å². The minimum atomic E-state index is -0.654. The number of rotatable bonds is 6. The number of non-ortho nitro benzene ring substituents is 1.